The Labute approximate surface area is 104 Å². The predicted molar refractivity (Wildman–Crippen MR) is 68.7 cm³/mol. The van der Waals surface area contributed by atoms with Crippen molar-refractivity contribution in [3.63, 3.8) is 0 Å². The molecule has 0 spiro atoms. The summed E-state index contributed by atoms with van der Waals surface area (Å²) < 4.78 is 1.22. The molecule has 0 bridgehead atoms. The van der Waals surface area contributed by atoms with Crippen molar-refractivity contribution >= 4 is 11.5 Å². The van der Waals surface area contributed by atoms with Gasteiger partial charge in [0.05, 0.1) is 0 Å². The van der Waals surface area contributed by atoms with Crippen molar-refractivity contribution in [2.24, 2.45) is 13.0 Å². The summed E-state index contributed by atoms with van der Waals surface area (Å²) in [6.07, 6.45) is 1.84. The molecule has 0 saturated carbocycles. The second kappa shape index (κ2) is 4.85. The van der Waals surface area contributed by atoms with E-state index in [1.54, 1.807) is 0 Å². The topological polar surface area (TPSA) is 104 Å². The van der Waals surface area contributed by atoms with Crippen molar-refractivity contribution in [1.29, 1.82) is 0 Å². The van der Waals surface area contributed by atoms with E-state index in [-0.39, 0.29) is 18.3 Å². The van der Waals surface area contributed by atoms with Crippen LogP contribution in [0.4, 0.5) is 11.5 Å². The van der Waals surface area contributed by atoms with Crippen molar-refractivity contribution in [1.82, 2.24) is 9.55 Å². The van der Waals surface area contributed by atoms with E-state index in [1.807, 2.05) is 4.90 Å². The molecule has 2 rings (SSSR count). The van der Waals surface area contributed by atoms with Gasteiger partial charge >= 0.3 is 5.69 Å². The lowest BCUT2D eigenvalue weighted by atomic mass is 9.99. The molecule has 18 heavy (non-hydrogen) atoms. The molecule has 7 nitrogen and oxygen atoms in total. The Morgan fingerprint density at radius 1 is 1.50 bits per heavy atom. The van der Waals surface area contributed by atoms with Gasteiger partial charge in [0, 0.05) is 26.7 Å². The predicted octanol–water partition coefficient (Wildman–Crippen LogP) is -1.14. The first kappa shape index (κ1) is 12.7. The van der Waals surface area contributed by atoms with Crippen molar-refractivity contribution in [2.45, 2.75) is 12.8 Å². The second-order valence-corrected chi connectivity index (χ2v) is 4.69. The molecule has 4 N–H and O–H groups in total. The van der Waals surface area contributed by atoms with Crippen LogP contribution >= 0.6 is 0 Å². The van der Waals surface area contributed by atoms with Gasteiger partial charge in [-0.3, -0.25) is 14.3 Å². The first-order valence-corrected chi connectivity index (χ1v) is 5.99. The Morgan fingerprint density at radius 3 is 2.89 bits per heavy atom. The number of anilines is 2. The fraction of sp³-hybridized carbons (Fsp3) is 0.636. The van der Waals surface area contributed by atoms with Crippen LogP contribution in [0.2, 0.25) is 0 Å². The number of hydrogen-bond acceptors (Lipinski definition) is 5. The summed E-state index contributed by atoms with van der Waals surface area (Å²) in [5, 5.41) is 9.19. The molecule has 0 aliphatic carbocycles. The van der Waals surface area contributed by atoms with Gasteiger partial charge in [-0.1, -0.05) is 0 Å². The lowest BCUT2D eigenvalue weighted by Gasteiger charge is -2.33. The number of nitrogen functional groups attached to an aromatic ring is 1. The lowest BCUT2D eigenvalue weighted by molar-refractivity contribution is 0.208. The van der Waals surface area contributed by atoms with Crippen molar-refractivity contribution < 1.29 is 5.11 Å². The van der Waals surface area contributed by atoms with Crippen LogP contribution in [-0.4, -0.2) is 34.4 Å². The highest BCUT2D eigenvalue weighted by Gasteiger charge is 2.24. The van der Waals surface area contributed by atoms with Gasteiger partial charge in [-0.2, -0.15) is 0 Å². The van der Waals surface area contributed by atoms with E-state index >= 15 is 0 Å². The van der Waals surface area contributed by atoms with Crippen LogP contribution in [0.15, 0.2) is 9.59 Å². The zero-order valence-corrected chi connectivity index (χ0v) is 10.3. The minimum absolute atomic E-state index is 0.0973. The molecular formula is C11H18N4O3. The molecule has 1 aliphatic heterocycles. The SMILES string of the molecule is Cn1c(N)c(N2CCCC(CO)C2)c(=O)[nH]c1=O. The molecule has 1 unspecified atom stereocenters. The van der Waals surface area contributed by atoms with Crippen LogP contribution < -0.4 is 21.9 Å². The Hall–Kier alpha value is -1.76. The number of piperidine rings is 1. The monoisotopic (exact) mass is 254 g/mol. The van der Waals surface area contributed by atoms with Crippen molar-refractivity contribution in [2.75, 3.05) is 30.3 Å². The molecule has 7 heteroatoms. The number of H-pyrrole nitrogens is 1. The van der Waals surface area contributed by atoms with Gasteiger partial charge in [0.25, 0.3) is 5.56 Å². The maximum atomic E-state index is 11.9. The zero-order valence-electron chi connectivity index (χ0n) is 10.3. The lowest BCUT2D eigenvalue weighted by Crippen LogP contribution is -2.43. The van der Waals surface area contributed by atoms with E-state index in [0.717, 1.165) is 12.8 Å². The van der Waals surface area contributed by atoms with Crippen molar-refractivity contribution in [3.05, 3.63) is 20.8 Å². The summed E-state index contributed by atoms with van der Waals surface area (Å²) in [5.74, 6) is 0.317. The average molecular weight is 254 g/mol. The van der Waals surface area contributed by atoms with Gasteiger partial charge in [0.1, 0.15) is 11.5 Å². The molecule has 100 valence electrons. The highest BCUT2D eigenvalue weighted by molar-refractivity contribution is 5.62. The smallest absolute Gasteiger partial charge is 0.329 e. The maximum Gasteiger partial charge on any atom is 0.329 e. The Morgan fingerprint density at radius 2 is 2.22 bits per heavy atom. The third-order valence-corrected chi connectivity index (χ3v) is 3.44. The molecule has 1 aliphatic rings. The fourth-order valence-electron chi connectivity index (χ4n) is 2.35. The van der Waals surface area contributed by atoms with Gasteiger partial charge in [0.2, 0.25) is 0 Å². The quantitative estimate of drug-likeness (QED) is 0.619. The molecule has 1 atom stereocenters. The van der Waals surface area contributed by atoms with Gasteiger partial charge in [-0.05, 0) is 18.8 Å². The Balaban J connectivity index is 2.42. The minimum Gasteiger partial charge on any atom is -0.396 e. The molecule has 1 aromatic heterocycles. The van der Waals surface area contributed by atoms with Crippen LogP contribution in [0, 0.1) is 5.92 Å². The van der Waals surface area contributed by atoms with E-state index < -0.39 is 11.2 Å². The molecule has 1 fully saturated rings. The number of nitrogens with two attached hydrogens (primary N) is 1. The number of aromatic amines is 1. The Kier molecular flexibility index (Phi) is 3.42. The summed E-state index contributed by atoms with van der Waals surface area (Å²) >= 11 is 0. The molecule has 2 heterocycles. The fourth-order valence-corrected chi connectivity index (χ4v) is 2.35. The normalized spacial score (nSPS) is 20.1. The molecule has 0 aromatic carbocycles. The number of rotatable bonds is 2. The van der Waals surface area contributed by atoms with E-state index in [2.05, 4.69) is 4.98 Å². The highest BCUT2D eigenvalue weighted by Crippen LogP contribution is 2.23. The van der Waals surface area contributed by atoms with Gasteiger partial charge in [0.15, 0.2) is 0 Å². The second-order valence-electron chi connectivity index (χ2n) is 4.69. The van der Waals surface area contributed by atoms with E-state index in [9.17, 15) is 14.7 Å². The summed E-state index contributed by atoms with van der Waals surface area (Å²) in [4.78, 5) is 27.3. The summed E-state index contributed by atoms with van der Waals surface area (Å²) in [6.45, 7) is 1.39. The molecule has 1 saturated heterocycles. The van der Waals surface area contributed by atoms with Crippen LogP contribution in [0.5, 0.6) is 0 Å². The maximum absolute atomic E-state index is 11.9. The van der Waals surface area contributed by atoms with Crippen LogP contribution in [-0.2, 0) is 7.05 Å². The largest absolute Gasteiger partial charge is 0.396 e. The Bertz CT molecular complexity index is 548. The van der Waals surface area contributed by atoms with Gasteiger partial charge in [-0.25, -0.2) is 4.79 Å². The third-order valence-electron chi connectivity index (χ3n) is 3.44. The molecule has 1 aromatic rings. The van der Waals surface area contributed by atoms with E-state index in [1.165, 1.54) is 11.6 Å². The van der Waals surface area contributed by atoms with E-state index in [0.29, 0.717) is 18.8 Å². The summed E-state index contributed by atoms with van der Waals surface area (Å²) in [7, 11) is 1.52. The third kappa shape index (κ3) is 2.13. The number of nitrogens with zero attached hydrogens (tertiary/aromatic N) is 2. The molecule has 0 radical (unpaired) electrons. The zero-order chi connectivity index (χ0) is 13.3. The standard InChI is InChI=1S/C11H18N4O3/c1-14-9(12)8(10(17)13-11(14)18)15-4-2-3-7(5-15)6-16/h7,16H,2-6,12H2,1H3,(H,13,17,18). The van der Waals surface area contributed by atoms with Crippen molar-refractivity contribution in [3.8, 4) is 0 Å². The minimum atomic E-state index is -0.517. The summed E-state index contributed by atoms with van der Waals surface area (Å²) in [5.41, 5.74) is 5.19. The van der Waals surface area contributed by atoms with Gasteiger partial charge < -0.3 is 15.7 Å². The first-order chi connectivity index (χ1) is 8.54. The number of nitrogens with one attached hydrogen (secondary N) is 1. The first-order valence-electron chi connectivity index (χ1n) is 5.99. The van der Waals surface area contributed by atoms with Crippen LogP contribution in [0.1, 0.15) is 12.8 Å². The van der Waals surface area contributed by atoms with E-state index in [4.69, 9.17) is 5.73 Å². The number of aliphatic hydroxyl groups is 1. The molecular weight excluding hydrogens is 236 g/mol. The molecule has 0 amide bonds. The van der Waals surface area contributed by atoms with Crippen LogP contribution in [0.3, 0.4) is 0 Å². The van der Waals surface area contributed by atoms with Gasteiger partial charge in [-0.15, -0.1) is 0 Å². The highest BCUT2D eigenvalue weighted by atomic mass is 16.3. The number of aromatic nitrogens is 2. The summed E-state index contributed by atoms with van der Waals surface area (Å²) in [6, 6.07) is 0. The number of hydrogen-bond donors (Lipinski definition) is 3. The average Bonchev–Trinajstić information content (AvgIpc) is 2.36. The number of aliphatic hydroxyl groups excluding tert-OH is 1. The van der Waals surface area contributed by atoms with Crippen LogP contribution in [0.25, 0.3) is 0 Å².